The van der Waals surface area contributed by atoms with Gasteiger partial charge in [0.15, 0.2) is 0 Å². The minimum absolute atomic E-state index is 0.00501. The van der Waals surface area contributed by atoms with Gasteiger partial charge in [0.2, 0.25) is 10.0 Å². The summed E-state index contributed by atoms with van der Waals surface area (Å²) in [5.74, 6) is -0.449. The third-order valence-electron chi connectivity index (χ3n) is 3.44. The van der Waals surface area contributed by atoms with Crippen LogP contribution in [-0.2, 0) is 14.8 Å². The van der Waals surface area contributed by atoms with Crippen molar-refractivity contribution in [3.05, 3.63) is 64.4 Å². The molecule has 0 amide bonds. The summed E-state index contributed by atoms with van der Waals surface area (Å²) in [4.78, 5) is 0.00501. The molecule has 124 valence electrons. The minimum atomic E-state index is -3.77. The van der Waals surface area contributed by atoms with E-state index in [1.807, 2.05) is 0 Å². The zero-order valence-corrected chi connectivity index (χ0v) is 14.3. The first-order valence-corrected chi connectivity index (χ1v) is 8.74. The van der Waals surface area contributed by atoms with Gasteiger partial charge >= 0.3 is 0 Å². The van der Waals surface area contributed by atoms with Crippen LogP contribution < -0.4 is 4.72 Å². The maximum atomic E-state index is 13.3. The standard InChI is InChI=1S/C16H17ClFNO3S/c1-11-9-12(7-8-15(11)18)23(20,21)19-10-16(22-2)13-5-3-4-6-14(13)17/h3-9,16,19H,10H2,1-2H3. The van der Waals surface area contributed by atoms with Gasteiger partial charge in [-0.25, -0.2) is 17.5 Å². The normalized spacial score (nSPS) is 13.0. The molecular formula is C16H17ClFNO3S. The number of nitrogens with one attached hydrogen (secondary N) is 1. The summed E-state index contributed by atoms with van der Waals surface area (Å²) >= 11 is 6.10. The Morgan fingerprint density at radius 2 is 1.96 bits per heavy atom. The summed E-state index contributed by atoms with van der Waals surface area (Å²) in [6, 6.07) is 10.7. The van der Waals surface area contributed by atoms with E-state index >= 15 is 0 Å². The number of aryl methyl sites for hydroxylation is 1. The van der Waals surface area contributed by atoms with Crippen LogP contribution in [0.25, 0.3) is 0 Å². The highest BCUT2D eigenvalue weighted by molar-refractivity contribution is 7.89. The third-order valence-corrected chi connectivity index (χ3v) is 5.20. The molecule has 0 fully saturated rings. The van der Waals surface area contributed by atoms with E-state index in [2.05, 4.69) is 4.72 Å². The molecule has 7 heteroatoms. The molecular weight excluding hydrogens is 341 g/mol. The van der Waals surface area contributed by atoms with Crippen LogP contribution in [0.3, 0.4) is 0 Å². The van der Waals surface area contributed by atoms with Gasteiger partial charge in [-0.05, 0) is 36.8 Å². The van der Waals surface area contributed by atoms with E-state index in [4.69, 9.17) is 16.3 Å². The summed E-state index contributed by atoms with van der Waals surface area (Å²) in [5.41, 5.74) is 0.955. The van der Waals surface area contributed by atoms with Crippen molar-refractivity contribution in [1.29, 1.82) is 0 Å². The van der Waals surface area contributed by atoms with Crippen molar-refractivity contribution in [1.82, 2.24) is 4.72 Å². The van der Waals surface area contributed by atoms with Gasteiger partial charge in [-0.1, -0.05) is 29.8 Å². The van der Waals surface area contributed by atoms with E-state index in [1.165, 1.54) is 26.2 Å². The summed E-state index contributed by atoms with van der Waals surface area (Å²) < 4.78 is 45.7. The zero-order valence-electron chi connectivity index (χ0n) is 12.7. The van der Waals surface area contributed by atoms with E-state index in [-0.39, 0.29) is 17.0 Å². The van der Waals surface area contributed by atoms with Gasteiger partial charge in [0.05, 0.1) is 11.0 Å². The molecule has 2 aromatic carbocycles. The lowest BCUT2D eigenvalue weighted by Gasteiger charge is -2.18. The molecule has 0 radical (unpaired) electrons. The van der Waals surface area contributed by atoms with Crippen LogP contribution in [0.2, 0.25) is 5.02 Å². The Kier molecular flexibility index (Phi) is 5.75. The molecule has 0 spiro atoms. The molecule has 0 aromatic heterocycles. The smallest absolute Gasteiger partial charge is 0.240 e. The largest absolute Gasteiger partial charge is 0.375 e. The minimum Gasteiger partial charge on any atom is -0.375 e. The van der Waals surface area contributed by atoms with Crippen molar-refractivity contribution < 1.29 is 17.5 Å². The number of hydrogen-bond acceptors (Lipinski definition) is 3. The van der Waals surface area contributed by atoms with Crippen LogP contribution in [0.1, 0.15) is 17.2 Å². The monoisotopic (exact) mass is 357 g/mol. The topological polar surface area (TPSA) is 55.4 Å². The van der Waals surface area contributed by atoms with Crippen molar-refractivity contribution >= 4 is 21.6 Å². The summed E-state index contributed by atoms with van der Waals surface area (Å²) in [5, 5.41) is 0.496. The lowest BCUT2D eigenvalue weighted by molar-refractivity contribution is 0.107. The van der Waals surface area contributed by atoms with E-state index in [0.717, 1.165) is 6.07 Å². The lowest BCUT2D eigenvalue weighted by Crippen LogP contribution is -2.29. The molecule has 0 heterocycles. The number of hydrogen-bond donors (Lipinski definition) is 1. The first-order valence-electron chi connectivity index (χ1n) is 6.88. The molecule has 0 saturated carbocycles. The van der Waals surface area contributed by atoms with Crippen LogP contribution in [0.15, 0.2) is 47.4 Å². The van der Waals surface area contributed by atoms with Crippen molar-refractivity contribution in [2.75, 3.05) is 13.7 Å². The Morgan fingerprint density at radius 1 is 1.26 bits per heavy atom. The predicted molar refractivity (Wildman–Crippen MR) is 87.5 cm³/mol. The van der Waals surface area contributed by atoms with Gasteiger partial charge in [0.1, 0.15) is 5.82 Å². The van der Waals surface area contributed by atoms with E-state index in [9.17, 15) is 12.8 Å². The Balaban J connectivity index is 2.17. The second-order valence-corrected chi connectivity index (χ2v) is 7.18. The van der Waals surface area contributed by atoms with Gasteiger partial charge in [0, 0.05) is 24.2 Å². The Labute approximate surface area is 140 Å². The fraction of sp³-hybridized carbons (Fsp3) is 0.250. The van der Waals surface area contributed by atoms with Gasteiger partial charge in [-0.3, -0.25) is 0 Å². The first kappa shape index (κ1) is 17.9. The van der Waals surface area contributed by atoms with Crippen LogP contribution in [0.4, 0.5) is 4.39 Å². The average molecular weight is 358 g/mol. The maximum absolute atomic E-state index is 13.3. The number of rotatable bonds is 6. The second-order valence-electron chi connectivity index (χ2n) is 5.01. The third kappa shape index (κ3) is 4.29. The summed E-state index contributed by atoms with van der Waals surface area (Å²) in [6.07, 6.45) is -0.528. The zero-order chi connectivity index (χ0) is 17.0. The second kappa shape index (κ2) is 7.40. The molecule has 1 atom stereocenters. The average Bonchev–Trinajstić information content (AvgIpc) is 2.52. The molecule has 2 rings (SSSR count). The predicted octanol–water partition coefficient (Wildman–Crippen LogP) is 3.45. The Bertz CT molecular complexity index is 796. The van der Waals surface area contributed by atoms with E-state index in [0.29, 0.717) is 10.6 Å². The Hall–Kier alpha value is -1.47. The number of ether oxygens (including phenoxy) is 1. The number of methoxy groups -OCH3 is 1. The molecule has 23 heavy (non-hydrogen) atoms. The van der Waals surface area contributed by atoms with Gasteiger partial charge in [-0.2, -0.15) is 0 Å². The summed E-state index contributed by atoms with van der Waals surface area (Å²) in [6.45, 7) is 1.52. The van der Waals surface area contributed by atoms with Crippen LogP contribution in [-0.4, -0.2) is 22.1 Å². The van der Waals surface area contributed by atoms with Crippen molar-refractivity contribution in [3.8, 4) is 0 Å². The molecule has 0 saturated heterocycles. The fourth-order valence-electron chi connectivity index (χ4n) is 2.11. The van der Waals surface area contributed by atoms with Gasteiger partial charge in [-0.15, -0.1) is 0 Å². The van der Waals surface area contributed by atoms with Crippen molar-refractivity contribution in [3.63, 3.8) is 0 Å². The molecule has 0 bridgehead atoms. The molecule has 1 unspecified atom stereocenters. The van der Waals surface area contributed by atoms with Gasteiger partial charge < -0.3 is 4.74 Å². The molecule has 4 nitrogen and oxygen atoms in total. The number of benzene rings is 2. The fourth-order valence-corrected chi connectivity index (χ4v) is 3.48. The molecule has 2 aromatic rings. The van der Waals surface area contributed by atoms with E-state index < -0.39 is 21.9 Å². The number of sulfonamides is 1. The van der Waals surface area contributed by atoms with Gasteiger partial charge in [0.25, 0.3) is 0 Å². The van der Waals surface area contributed by atoms with Crippen LogP contribution in [0, 0.1) is 12.7 Å². The van der Waals surface area contributed by atoms with Crippen LogP contribution >= 0.6 is 11.6 Å². The lowest BCUT2D eigenvalue weighted by atomic mass is 10.1. The van der Waals surface area contributed by atoms with Crippen molar-refractivity contribution in [2.24, 2.45) is 0 Å². The highest BCUT2D eigenvalue weighted by atomic mass is 35.5. The number of halogens is 2. The molecule has 1 N–H and O–H groups in total. The molecule has 0 aliphatic rings. The highest BCUT2D eigenvalue weighted by Crippen LogP contribution is 2.25. The van der Waals surface area contributed by atoms with Crippen molar-refractivity contribution in [2.45, 2.75) is 17.9 Å². The van der Waals surface area contributed by atoms with Crippen LogP contribution in [0.5, 0.6) is 0 Å². The molecule has 0 aliphatic heterocycles. The highest BCUT2D eigenvalue weighted by Gasteiger charge is 2.20. The first-order chi connectivity index (χ1) is 10.8. The quantitative estimate of drug-likeness (QED) is 0.861. The Morgan fingerprint density at radius 3 is 2.57 bits per heavy atom. The van der Waals surface area contributed by atoms with E-state index in [1.54, 1.807) is 24.3 Å². The maximum Gasteiger partial charge on any atom is 0.240 e. The summed E-state index contributed by atoms with van der Waals surface area (Å²) in [7, 11) is -2.29. The SMILES string of the molecule is COC(CNS(=O)(=O)c1ccc(F)c(C)c1)c1ccccc1Cl. The molecule has 0 aliphatic carbocycles.